The number of hydrogen-bond acceptors (Lipinski definition) is 5. The number of carbonyl (C=O) groups is 1. The number of hydrogen-bond donors (Lipinski definition) is 0. The number of aromatic nitrogens is 3. The molecule has 4 rings (SSSR count). The van der Waals surface area contributed by atoms with Gasteiger partial charge < -0.3 is 4.90 Å². The summed E-state index contributed by atoms with van der Waals surface area (Å²) in [7, 11) is 0. The fourth-order valence-corrected chi connectivity index (χ4v) is 3.71. The third-order valence-electron chi connectivity index (χ3n) is 4.76. The second-order valence-corrected chi connectivity index (χ2v) is 6.38. The minimum atomic E-state index is 0.00584. The highest BCUT2D eigenvalue weighted by Crippen LogP contribution is 2.32. The van der Waals surface area contributed by atoms with Gasteiger partial charge in [0.25, 0.3) is 5.91 Å². The molecule has 0 aliphatic carbocycles. The van der Waals surface area contributed by atoms with E-state index in [0.717, 1.165) is 32.7 Å². The molecule has 0 radical (unpaired) electrons. The number of fused-ring (bicyclic) bond motifs is 1. The maximum Gasteiger partial charge on any atom is 0.274 e. The predicted octanol–water partition coefficient (Wildman–Crippen LogP) is 1.08. The van der Waals surface area contributed by atoms with Crippen molar-refractivity contribution in [3.05, 3.63) is 54.4 Å². The minimum Gasteiger partial charge on any atom is -0.337 e. The van der Waals surface area contributed by atoms with E-state index >= 15 is 0 Å². The molecule has 0 N–H and O–H groups in total. The smallest absolute Gasteiger partial charge is 0.274 e. The molecule has 6 heteroatoms. The Morgan fingerprint density at radius 1 is 1.04 bits per heavy atom. The van der Waals surface area contributed by atoms with Gasteiger partial charge in [-0.15, -0.1) is 0 Å². The predicted molar refractivity (Wildman–Crippen MR) is 84.4 cm³/mol. The van der Waals surface area contributed by atoms with Crippen LogP contribution >= 0.6 is 0 Å². The van der Waals surface area contributed by atoms with Gasteiger partial charge in [-0.1, -0.05) is 6.07 Å². The molecule has 0 spiro atoms. The summed E-state index contributed by atoms with van der Waals surface area (Å²) in [6.45, 7) is 4.68. The lowest BCUT2D eigenvalue weighted by Gasteiger charge is -2.21. The molecular weight excluding hydrogens is 290 g/mol. The second-order valence-electron chi connectivity index (χ2n) is 6.38. The Balaban J connectivity index is 1.36. The Hall–Kier alpha value is -2.34. The minimum absolute atomic E-state index is 0.00584. The first-order chi connectivity index (χ1) is 11.3. The zero-order valence-electron chi connectivity index (χ0n) is 12.9. The molecule has 0 saturated carbocycles. The second kappa shape index (κ2) is 6.04. The average Bonchev–Trinajstić information content (AvgIpc) is 3.14. The third-order valence-corrected chi connectivity index (χ3v) is 4.76. The van der Waals surface area contributed by atoms with Crippen LogP contribution in [0.25, 0.3) is 0 Å². The molecule has 4 heterocycles. The number of likely N-dealkylation sites (tertiary alicyclic amines) is 2. The molecule has 2 fully saturated rings. The van der Waals surface area contributed by atoms with Gasteiger partial charge in [-0.3, -0.25) is 19.7 Å². The summed E-state index contributed by atoms with van der Waals surface area (Å²) in [5, 5.41) is 0. The van der Waals surface area contributed by atoms with Gasteiger partial charge in [0, 0.05) is 57.5 Å². The van der Waals surface area contributed by atoms with Crippen LogP contribution in [0.5, 0.6) is 0 Å². The quantitative estimate of drug-likeness (QED) is 0.849. The third kappa shape index (κ3) is 2.94. The summed E-state index contributed by atoms with van der Waals surface area (Å²) in [5.41, 5.74) is 1.69. The Bertz CT molecular complexity index is 664. The van der Waals surface area contributed by atoms with Gasteiger partial charge in [0.2, 0.25) is 0 Å². The largest absolute Gasteiger partial charge is 0.337 e. The molecule has 2 aliphatic heterocycles. The van der Waals surface area contributed by atoms with Gasteiger partial charge in [0.05, 0.1) is 6.20 Å². The maximum atomic E-state index is 12.5. The maximum absolute atomic E-state index is 12.5. The molecule has 6 nitrogen and oxygen atoms in total. The fraction of sp³-hybridized carbons (Fsp3) is 0.412. The summed E-state index contributed by atoms with van der Waals surface area (Å²) in [4.78, 5) is 29.1. The Kier molecular flexibility index (Phi) is 3.75. The average molecular weight is 309 g/mol. The van der Waals surface area contributed by atoms with Crippen LogP contribution in [-0.4, -0.2) is 56.8 Å². The van der Waals surface area contributed by atoms with Gasteiger partial charge in [-0.25, -0.2) is 4.98 Å². The summed E-state index contributed by atoms with van der Waals surface area (Å²) in [5.74, 6) is 1.13. The molecule has 2 aromatic rings. The van der Waals surface area contributed by atoms with Crippen LogP contribution in [0, 0.1) is 11.8 Å². The van der Waals surface area contributed by atoms with Gasteiger partial charge >= 0.3 is 0 Å². The molecular formula is C17H19N5O. The van der Waals surface area contributed by atoms with Gasteiger partial charge in [0.15, 0.2) is 0 Å². The summed E-state index contributed by atoms with van der Waals surface area (Å²) in [6.07, 6.45) is 8.44. The Morgan fingerprint density at radius 2 is 1.83 bits per heavy atom. The highest BCUT2D eigenvalue weighted by molar-refractivity contribution is 5.92. The van der Waals surface area contributed by atoms with E-state index in [1.807, 2.05) is 17.2 Å². The Labute approximate surface area is 135 Å². The van der Waals surface area contributed by atoms with Crippen molar-refractivity contribution in [2.45, 2.75) is 6.54 Å². The van der Waals surface area contributed by atoms with E-state index in [4.69, 9.17) is 0 Å². The van der Waals surface area contributed by atoms with Crippen LogP contribution in [0.15, 0.2) is 43.1 Å². The number of amides is 1. The van der Waals surface area contributed by atoms with E-state index in [2.05, 4.69) is 25.9 Å². The van der Waals surface area contributed by atoms with Crippen molar-refractivity contribution < 1.29 is 4.79 Å². The van der Waals surface area contributed by atoms with E-state index in [1.54, 1.807) is 24.8 Å². The first-order valence-corrected chi connectivity index (χ1v) is 7.96. The van der Waals surface area contributed by atoms with Crippen LogP contribution in [0.4, 0.5) is 0 Å². The SMILES string of the molecule is O=C(c1cnccn1)N1CC2CN(Cc3cccnc3)CC2C1. The van der Waals surface area contributed by atoms with Crippen LogP contribution in [-0.2, 0) is 6.54 Å². The summed E-state index contributed by atoms with van der Waals surface area (Å²) in [6, 6.07) is 4.10. The monoisotopic (exact) mass is 309 g/mol. The lowest BCUT2D eigenvalue weighted by Crippen LogP contribution is -2.33. The van der Waals surface area contributed by atoms with Crippen molar-refractivity contribution in [1.29, 1.82) is 0 Å². The molecule has 2 saturated heterocycles. The molecule has 118 valence electrons. The Morgan fingerprint density at radius 3 is 2.48 bits per heavy atom. The highest BCUT2D eigenvalue weighted by atomic mass is 16.2. The molecule has 1 amide bonds. The van der Waals surface area contributed by atoms with Crippen LogP contribution in [0.3, 0.4) is 0 Å². The summed E-state index contributed by atoms with van der Waals surface area (Å²) >= 11 is 0. The molecule has 2 atom stereocenters. The standard InChI is InChI=1S/C17H19N5O/c23-17(16-7-19-4-5-20-16)22-11-14-9-21(10-15(14)12-22)8-13-2-1-3-18-6-13/h1-7,14-15H,8-12H2. The number of pyridine rings is 1. The van der Waals surface area contributed by atoms with E-state index in [0.29, 0.717) is 17.5 Å². The normalized spacial score (nSPS) is 23.9. The van der Waals surface area contributed by atoms with Crippen molar-refractivity contribution in [3.8, 4) is 0 Å². The first kappa shape index (κ1) is 14.3. The van der Waals surface area contributed by atoms with Crippen LogP contribution < -0.4 is 0 Å². The molecule has 0 aromatic carbocycles. The topological polar surface area (TPSA) is 62.2 Å². The van der Waals surface area contributed by atoms with Crippen molar-refractivity contribution >= 4 is 5.91 Å². The molecule has 23 heavy (non-hydrogen) atoms. The van der Waals surface area contributed by atoms with Gasteiger partial charge in [-0.05, 0) is 23.5 Å². The molecule has 2 unspecified atom stereocenters. The van der Waals surface area contributed by atoms with Crippen LogP contribution in [0.2, 0.25) is 0 Å². The summed E-state index contributed by atoms with van der Waals surface area (Å²) < 4.78 is 0. The lowest BCUT2D eigenvalue weighted by atomic mass is 10.0. The number of nitrogens with zero attached hydrogens (tertiary/aromatic N) is 5. The fourth-order valence-electron chi connectivity index (χ4n) is 3.71. The van der Waals surface area contributed by atoms with Crippen molar-refractivity contribution in [2.75, 3.05) is 26.2 Å². The number of rotatable bonds is 3. The van der Waals surface area contributed by atoms with Crippen molar-refractivity contribution in [2.24, 2.45) is 11.8 Å². The van der Waals surface area contributed by atoms with Gasteiger partial charge in [-0.2, -0.15) is 0 Å². The van der Waals surface area contributed by atoms with E-state index in [9.17, 15) is 4.79 Å². The highest BCUT2D eigenvalue weighted by Gasteiger charge is 2.41. The van der Waals surface area contributed by atoms with Crippen LogP contribution in [0.1, 0.15) is 16.1 Å². The van der Waals surface area contributed by atoms with E-state index < -0.39 is 0 Å². The number of carbonyl (C=O) groups excluding carboxylic acids is 1. The zero-order chi connectivity index (χ0) is 15.6. The lowest BCUT2D eigenvalue weighted by molar-refractivity contribution is 0.0767. The molecule has 0 bridgehead atoms. The van der Waals surface area contributed by atoms with Crippen molar-refractivity contribution in [3.63, 3.8) is 0 Å². The molecule has 2 aromatic heterocycles. The van der Waals surface area contributed by atoms with Gasteiger partial charge in [0.1, 0.15) is 5.69 Å². The molecule has 2 aliphatic rings. The van der Waals surface area contributed by atoms with E-state index in [1.165, 1.54) is 5.56 Å². The van der Waals surface area contributed by atoms with E-state index in [-0.39, 0.29) is 5.91 Å². The first-order valence-electron chi connectivity index (χ1n) is 7.96. The van der Waals surface area contributed by atoms with Crippen molar-refractivity contribution in [1.82, 2.24) is 24.8 Å². The zero-order valence-corrected chi connectivity index (χ0v) is 12.9.